The molecule has 106 valence electrons. The van der Waals surface area contributed by atoms with E-state index in [0.717, 1.165) is 38.3 Å². The average Bonchev–Trinajstić information content (AvgIpc) is 2.97. The van der Waals surface area contributed by atoms with Crippen LogP contribution in [0.25, 0.3) is 11.4 Å². The van der Waals surface area contributed by atoms with Crippen molar-refractivity contribution in [3.05, 3.63) is 35.7 Å². The predicted octanol–water partition coefficient (Wildman–Crippen LogP) is 2.13. The average molecular weight is 273 g/mol. The van der Waals surface area contributed by atoms with Crippen LogP contribution in [0, 0.1) is 0 Å². The van der Waals surface area contributed by atoms with E-state index in [1.165, 1.54) is 5.56 Å². The van der Waals surface area contributed by atoms with Crippen molar-refractivity contribution in [2.45, 2.75) is 19.9 Å². The first-order valence-electron chi connectivity index (χ1n) is 7.07. The zero-order chi connectivity index (χ0) is 13.8. The lowest BCUT2D eigenvalue weighted by Crippen LogP contribution is -2.35. The van der Waals surface area contributed by atoms with Gasteiger partial charge in [-0.1, -0.05) is 36.3 Å². The van der Waals surface area contributed by atoms with Crippen LogP contribution < -0.4 is 0 Å². The van der Waals surface area contributed by atoms with Crippen molar-refractivity contribution in [2.75, 3.05) is 26.3 Å². The van der Waals surface area contributed by atoms with Gasteiger partial charge in [-0.3, -0.25) is 4.90 Å². The number of nitrogens with zero attached hydrogens (tertiary/aromatic N) is 3. The van der Waals surface area contributed by atoms with Gasteiger partial charge in [0.15, 0.2) is 0 Å². The summed E-state index contributed by atoms with van der Waals surface area (Å²) in [6, 6.07) is 8.30. The first-order valence-corrected chi connectivity index (χ1v) is 7.07. The Balaban J connectivity index is 1.68. The predicted molar refractivity (Wildman–Crippen MR) is 75.2 cm³/mol. The third-order valence-electron chi connectivity index (χ3n) is 3.55. The molecule has 5 nitrogen and oxygen atoms in total. The highest BCUT2D eigenvalue weighted by Gasteiger charge is 2.15. The number of aryl methyl sites for hydroxylation is 1. The minimum Gasteiger partial charge on any atom is -0.379 e. The van der Waals surface area contributed by atoms with Crippen LogP contribution in [0.3, 0.4) is 0 Å². The summed E-state index contributed by atoms with van der Waals surface area (Å²) in [5.74, 6) is 1.33. The normalized spacial score (nSPS) is 16.4. The van der Waals surface area contributed by atoms with Crippen LogP contribution in [0.4, 0.5) is 0 Å². The standard InChI is InChI=1S/C15H19N3O2/c1-2-12-3-5-13(6-4-12)15-16-14(20-17-15)11-18-7-9-19-10-8-18/h3-6H,2,7-11H2,1H3. The Kier molecular flexibility index (Phi) is 4.08. The Morgan fingerprint density at radius 3 is 2.60 bits per heavy atom. The van der Waals surface area contributed by atoms with Gasteiger partial charge in [0.05, 0.1) is 19.8 Å². The quantitative estimate of drug-likeness (QED) is 0.854. The number of rotatable bonds is 4. The van der Waals surface area contributed by atoms with E-state index in [1.54, 1.807) is 0 Å². The van der Waals surface area contributed by atoms with Crippen molar-refractivity contribution in [2.24, 2.45) is 0 Å². The summed E-state index contributed by atoms with van der Waals surface area (Å²) >= 11 is 0. The number of ether oxygens (including phenoxy) is 1. The number of hydrogen-bond acceptors (Lipinski definition) is 5. The molecule has 0 saturated carbocycles. The fourth-order valence-electron chi connectivity index (χ4n) is 2.28. The molecule has 2 heterocycles. The Morgan fingerprint density at radius 1 is 1.15 bits per heavy atom. The molecule has 1 saturated heterocycles. The smallest absolute Gasteiger partial charge is 0.241 e. The monoisotopic (exact) mass is 273 g/mol. The molecule has 0 spiro atoms. The van der Waals surface area contributed by atoms with Gasteiger partial charge in [-0.2, -0.15) is 4.98 Å². The molecular weight excluding hydrogens is 254 g/mol. The highest BCUT2D eigenvalue weighted by molar-refractivity contribution is 5.54. The summed E-state index contributed by atoms with van der Waals surface area (Å²) in [4.78, 5) is 6.73. The molecule has 0 bridgehead atoms. The van der Waals surface area contributed by atoms with E-state index in [9.17, 15) is 0 Å². The lowest BCUT2D eigenvalue weighted by Gasteiger charge is -2.24. The molecule has 0 unspecified atom stereocenters. The van der Waals surface area contributed by atoms with Crippen LogP contribution in [0.5, 0.6) is 0 Å². The van der Waals surface area contributed by atoms with Crippen LogP contribution in [-0.4, -0.2) is 41.3 Å². The van der Waals surface area contributed by atoms with Crippen LogP contribution in [0.1, 0.15) is 18.4 Å². The highest BCUT2D eigenvalue weighted by Crippen LogP contribution is 2.17. The van der Waals surface area contributed by atoms with Gasteiger partial charge in [0.25, 0.3) is 0 Å². The Bertz CT molecular complexity index is 545. The van der Waals surface area contributed by atoms with Gasteiger partial charge in [-0.25, -0.2) is 0 Å². The Labute approximate surface area is 118 Å². The van der Waals surface area contributed by atoms with Crippen molar-refractivity contribution in [1.29, 1.82) is 0 Å². The summed E-state index contributed by atoms with van der Waals surface area (Å²) in [6.45, 7) is 6.23. The van der Waals surface area contributed by atoms with Crippen molar-refractivity contribution in [3.8, 4) is 11.4 Å². The molecular formula is C15H19N3O2. The maximum Gasteiger partial charge on any atom is 0.241 e. The molecule has 2 aromatic rings. The van der Waals surface area contributed by atoms with Gasteiger partial charge < -0.3 is 9.26 Å². The van der Waals surface area contributed by atoms with Gasteiger partial charge in [0, 0.05) is 18.7 Å². The lowest BCUT2D eigenvalue weighted by molar-refractivity contribution is 0.0297. The van der Waals surface area contributed by atoms with Crippen molar-refractivity contribution in [1.82, 2.24) is 15.0 Å². The first-order chi connectivity index (χ1) is 9.85. The summed E-state index contributed by atoms with van der Waals surface area (Å²) in [5.41, 5.74) is 2.31. The number of aromatic nitrogens is 2. The fourth-order valence-corrected chi connectivity index (χ4v) is 2.28. The topological polar surface area (TPSA) is 51.4 Å². The second kappa shape index (κ2) is 6.15. The summed E-state index contributed by atoms with van der Waals surface area (Å²) in [5, 5.41) is 4.06. The molecule has 1 aromatic heterocycles. The molecule has 20 heavy (non-hydrogen) atoms. The molecule has 0 atom stereocenters. The lowest BCUT2D eigenvalue weighted by atomic mass is 10.1. The molecule has 1 aliphatic rings. The molecule has 1 aromatic carbocycles. The molecule has 5 heteroatoms. The van der Waals surface area contributed by atoms with E-state index in [0.29, 0.717) is 18.3 Å². The van der Waals surface area contributed by atoms with Crippen molar-refractivity contribution < 1.29 is 9.26 Å². The Morgan fingerprint density at radius 2 is 1.90 bits per heavy atom. The Hall–Kier alpha value is -1.72. The molecule has 0 radical (unpaired) electrons. The zero-order valence-electron chi connectivity index (χ0n) is 11.7. The van der Waals surface area contributed by atoms with Gasteiger partial charge in [0.2, 0.25) is 11.7 Å². The third kappa shape index (κ3) is 3.05. The molecule has 0 amide bonds. The van der Waals surface area contributed by atoms with Crippen LogP contribution in [-0.2, 0) is 17.7 Å². The fraction of sp³-hybridized carbons (Fsp3) is 0.467. The summed E-state index contributed by atoms with van der Waals surface area (Å²) < 4.78 is 10.7. The SMILES string of the molecule is CCc1ccc(-c2noc(CN3CCOCC3)n2)cc1. The van der Waals surface area contributed by atoms with Gasteiger partial charge in [-0.05, 0) is 12.0 Å². The van der Waals surface area contributed by atoms with E-state index in [2.05, 4.69) is 34.1 Å². The molecule has 0 N–H and O–H groups in total. The van der Waals surface area contributed by atoms with Crippen LogP contribution >= 0.6 is 0 Å². The summed E-state index contributed by atoms with van der Waals surface area (Å²) in [6.07, 6.45) is 1.04. The van der Waals surface area contributed by atoms with Crippen LogP contribution in [0.2, 0.25) is 0 Å². The largest absolute Gasteiger partial charge is 0.379 e. The molecule has 3 rings (SSSR count). The number of hydrogen-bond donors (Lipinski definition) is 0. The van der Waals surface area contributed by atoms with E-state index >= 15 is 0 Å². The number of benzene rings is 1. The third-order valence-corrected chi connectivity index (χ3v) is 3.55. The van der Waals surface area contributed by atoms with Crippen molar-refractivity contribution in [3.63, 3.8) is 0 Å². The maximum atomic E-state index is 5.33. The van der Waals surface area contributed by atoms with E-state index < -0.39 is 0 Å². The van der Waals surface area contributed by atoms with E-state index in [1.807, 2.05) is 12.1 Å². The van der Waals surface area contributed by atoms with E-state index in [4.69, 9.17) is 9.26 Å². The summed E-state index contributed by atoms with van der Waals surface area (Å²) in [7, 11) is 0. The molecule has 1 aliphatic heterocycles. The van der Waals surface area contributed by atoms with Gasteiger partial charge >= 0.3 is 0 Å². The minimum atomic E-state index is 0.663. The second-order valence-corrected chi connectivity index (χ2v) is 4.95. The van der Waals surface area contributed by atoms with Gasteiger partial charge in [0.1, 0.15) is 0 Å². The maximum absolute atomic E-state index is 5.33. The first kappa shape index (κ1) is 13.3. The highest BCUT2D eigenvalue weighted by atomic mass is 16.5. The molecule has 0 aliphatic carbocycles. The molecule has 1 fully saturated rings. The minimum absolute atomic E-state index is 0.663. The van der Waals surface area contributed by atoms with Crippen molar-refractivity contribution >= 4 is 0 Å². The zero-order valence-corrected chi connectivity index (χ0v) is 11.7. The van der Waals surface area contributed by atoms with E-state index in [-0.39, 0.29) is 0 Å². The second-order valence-electron chi connectivity index (χ2n) is 4.95. The number of morpholine rings is 1. The van der Waals surface area contributed by atoms with Gasteiger partial charge in [-0.15, -0.1) is 0 Å². The van der Waals surface area contributed by atoms with Crippen LogP contribution in [0.15, 0.2) is 28.8 Å².